The van der Waals surface area contributed by atoms with E-state index in [1.807, 2.05) is 0 Å². The monoisotopic (exact) mass is 244 g/mol. The van der Waals surface area contributed by atoms with E-state index in [0.29, 0.717) is 0 Å². The molecule has 1 aromatic rings. The molecule has 1 unspecified atom stereocenters. The van der Waals surface area contributed by atoms with Gasteiger partial charge >= 0.3 is 0 Å². The van der Waals surface area contributed by atoms with Gasteiger partial charge in [0.1, 0.15) is 0 Å². The summed E-state index contributed by atoms with van der Waals surface area (Å²) in [7, 11) is -3.29. The van der Waals surface area contributed by atoms with Gasteiger partial charge in [0.15, 0.2) is 0 Å². The maximum absolute atomic E-state index is 11.8. The zero-order valence-electron chi connectivity index (χ0n) is 8.94. The van der Waals surface area contributed by atoms with Crippen LogP contribution in [0, 0.1) is 5.92 Å². The first-order chi connectivity index (χ1) is 7.66. The molecule has 3 N–H and O–H groups in total. The van der Waals surface area contributed by atoms with Crippen LogP contribution in [0.1, 0.15) is 12.8 Å². The topological polar surface area (TPSA) is 86.9 Å². The van der Waals surface area contributed by atoms with E-state index in [-0.39, 0.29) is 17.6 Å². The smallest absolute Gasteiger partial charge is 0.235 e. The first kappa shape index (κ1) is 11.4. The van der Waals surface area contributed by atoms with Gasteiger partial charge in [-0.3, -0.25) is 4.72 Å². The SMILES string of the molecule is O=S(=O)(CC1CCCNC1)Nc1ncc[nH]1. The second-order valence-corrected chi connectivity index (χ2v) is 5.80. The van der Waals surface area contributed by atoms with Gasteiger partial charge < -0.3 is 10.3 Å². The predicted octanol–water partition coefficient (Wildman–Crippen LogP) is 0.151. The molecule has 0 aromatic carbocycles. The Morgan fingerprint density at radius 2 is 2.44 bits per heavy atom. The van der Waals surface area contributed by atoms with Crippen molar-refractivity contribution < 1.29 is 8.42 Å². The Morgan fingerprint density at radius 1 is 1.56 bits per heavy atom. The molecule has 1 fully saturated rings. The van der Waals surface area contributed by atoms with Gasteiger partial charge in [0.25, 0.3) is 0 Å². The van der Waals surface area contributed by atoms with E-state index in [0.717, 1.165) is 25.9 Å². The van der Waals surface area contributed by atoms with Crippen molar-refractivity contribution in [3.8, 4) is 0 Å². The van der Waals surface area contributed by atoms with Crippen LogP contribution in [0.2, 0.25) is 0 Å². The fraction of sp³-hybridized carbons (Fsp3) is 0.667. The zero-order valence-corrected chi connectivity index (χ0v) is 9.76. The second-order valence-electron chi connectivity index (χ2n) is 4.03. The van der Waals surface area contributed by atoms with Crippen LogP contribution in [0.5, 0.6) is 0 Å². The van der Waals surface area contributed by atoms with Crippen molar-refractivity contribution in [1.29, 1.82) is 0 Å². The number of piperidine rings is 1. The van der Waals surface area contributed by atoms with Crippen LogP contribution >= 0.6 is 0 Å². The highest BCUT2D eigenvalue weighted by Crippen LogP contribution is 2.13. The summed E-state index contributed by atoms with van der Waals surface area (Å²) >= 11 is 0. The number of anilines is 1. The number of nitrogens with zero attached hydrogens (tertiary/aromatic N) is 1. The maximum Gasteiger partial charge on any atom is 0.235 e. The number of nitrogens with one attached hydrogen (secondary N) is 3. The molecule has 0 saturated carbocycles. The number of hydrogen-bond acceptors (Lipinski definition) is 4. The molecule has 2 rings (SSSR count). The number of imidazole rings is 1. The molecular weight excluding hydrogens is 228 g/mol. The Kier molecular flexibility index (Phi) is 3.45. The first-order valence-corrected chi connectivity index (χ1v) is 7.01. The summed E-state index contributed by atoms with van der Waals surface area (Å²) in [5, 5.41) is 3.20. The average molecular weight is 244 g/mol. The van der Waals surface area contributed by atoms with Gasteiger partial charge in [0.2, 0.25) is 16.0 Å². The third kappa shape index (κ3) is 3.21. The first-order valence-electron chi connectivity index (χ1n) is 5.36. The van der Waals surface area contributed by atoms with E-state index >= 15 is 0 Å². The zero-order chi connectivity index (χ0) is 11.4. The molecule has 1 saturated heterocycles. The van der Waals surface area contributed by atoms with Gasteiger partial charge in [-0.05, 0) is 31.8 Å². The summed E-state index contributed by atoms with van der Waals surface area (Å²) in [5.74, 6) is 0.630. The molecule has 7 heteroatoms. The van der Waals surface area contributed by atoms with Crippen LogP contribution in [0.15, 0.2) is 12.4 Å². The lowest BCUT2D eigenvalue weighted by molar-refractivity contribution is 0.404. The van der Waals surface area contributed by atoms with E-state index in [1.165, 1.54) is 6.20 Å². The van der Waals surface area contributed by atoms with E-state index in [2.05, 4.69) is 20.0 Å². The van der Waals surface area contributed by atoms with Gasteiger partial charge in [0.05, 0.1) is 5.75 Å². The molecule has 0 amide bonds. The fourth-order valence-electron chi connectivity index (χ4n) is 1.89. The lowest BCUT2D eigenvalue weighted by Crippen LogP contribution is -2.35. The van der Waals surface area contributed by atoms with Crippen LogP contribution < -0.4 is 10.0 Å². The minimum Gasteiger partial charge on any atom is -0.330 e. The maximum atomic E-state index is 11.8. The molecule has 0 aliphatic carbocycles. The molecule has 1 aromatic heterocycles. The molecule has 1 aliphatic rings. The van der Waals surface area contributed by atoms with Crippen LogP contribution in [0.25, 0.3) is 0 Å². The van der Waals surface area contributed by atoms with E-state index in [9.17, 15) is 8.42 Å². The van der Waals surface area contributed by atoms with Crippen molar-refractivity contribution in [1.82, 2.24) is 15.3 Å². The predicted molar refractivity (Wildman–Crippen MR) is 61.6 cm³/mol. The van der Waals surface area contributed by atoms with E-state index in [4.69, 9.17) is 0 Å². The number of rotatable bonds is 4. The summed E-state index contributed by atoms with van der Waals surface area (Å²) in [6.45, 7) is 1.77. The van der Waals surface area contributed by atoms with Crippen molar-refractivity contribution in [2.45, 2.75) is 12.8 Å². The normalized spacial score (nSPS) is 21.9. The molecule has 90 valence electrons. The molecule has 2 heterocycles. The molecule has 1 aliphatic heterocycles. The van der Waals surface area contributed by atoms with Gasteiger partial charge in [-0.15, -0.1) is 0 Å². The molecule has 0 bridgehead atoms. The summed E-state index contributed by atoms with van der Waals surface area (Å²) in [4.78, 5) is 6.55. The van der Waals surface area contributed by atoms with Gasteiger partial charge in [0, 0.05) is 12.4 Å². The van der Waals surface area contributed by atoms with Gasteiger partial charge in [-0.2, -0.15) is 0 Å². The Morgan fingerprint density at radius 3 is 3.06 bits per heavy atom. The lowest BCUT2D eigenvalue weighted by atomic mass is 10.0. The molecule has 0 radical (unpaired) electrons. The Bertz CT molecular complexity index is 409. The minimum absolute atomic E-state index is 0.153. The van der Waals surface area contributed by atoms with E-state index in [1.54, 1.807) is 6.20 Å². The minimum atomic E-state index is -3.29. The third-order valence-corrected chi connectivity index (χ3v) is 4.02. The van der Waals surface area contributed by atoms with Crippen LogP contribution in [0.3, 0.4) is 0 Å². The van der Waals surface area contributed by atoms with Crippen molar-refractivity contribution >= 4 is 16.0 Å². The van der Waals surface area contributed by atoms with Crippen LogP contribution in [-0.2, 0) is 10.0 Å². The Balaban J connectivity index is 1.92. The van der Waals surface area contributed by atoms with Crippen molar-refractivity contribution in [3.63, 3.8) is 0 Å². The van der Waals surface area contributed by atoms with Gasteiger partial charge in [-0.1, -0.05) is 0 Å². The Labute approximate surface area is 94.9 Å². The number of aromatic amines is 1. The number of hydrogen-bond donors (Lipinski definition) is 3. The second kappa shape index (κ2) is 4.84. The highest BCUT2D eigenvalue weighted by Gasteiger charge is 2.21. The van der Waals surface area contributed by atoms with Crippen LogP contribution in [-0.4, -0.2) is 37.2 Å². The average Bonchev–Trinajstić information content (AvgIpc) is 2.70. The third-order valence-electron chi connectivity index (χ3n) is 2.60. The van der Waals surface area contributed by atoms with Crippen molar-refractivity contribution in [2.24, 2.45) is 5.92 Å². The largest absolute Gasteiger partial charge is 0.330 e. The quantitative estimate of drug-likeness (QED) is 0.703. The number of aromatic nitrogens is 2. The van der Waals surface area contributed by atoms with E-state index < -0.39 is 10.0 Å². The number of H-pyrrole nitrogens is 1. The highest BCUT2D eigenvalue weighted by atomic mass is 32.2. The summed E-state index contributed by atoms with van der Waals surface area (Å²) in [6.07, 6.45) is 5.10. The summed E-state index contributed by atoms with van der Waals surface area (Å²) in [5.41, 5.74) is 0. The molecule has 1 atom stereocenters. The molecule has 6 nitrogen and oxygen atoms in total. The highest BCUT2D eigenvalue weighted by molar-refractivity contribution is 7.92. The molecule has 0 spiro atoms. The Hall–Kier alpha value is -1.08. The molecule has 16 heavy (non-hydrogen) atoms. The van der Waals surface area contributed by atoms with Crippen molar-refractivity contribution in [2.75, 3.05) is 23.6 Å². The van der Waals surface area contributed by atoms with Gasteiger partial charge in [-0.25, -0.2) is 13.4 Å². The molecular formula is C9H16N4O2S. The summed E-state index contributed by atoms with van der Waals surface area (Å²) in [6, 6.07) is 0. The fourth-order valence-corrected chi connectivity index (χ4v) is 3.28. The number of sulfonamides is 1. The van der Waals surface area contributed by atoms with Crippen molar-refractivity contribution in [3.05, 3.63) is 12.4 Å². The standard InChI is InChI=1S/C9H16N4O2S/c14-16(15,13-9-11-4-5-12-9)7-8-2-1-3-10-6-8/h4-5,8,10H,1-3,6-7H2,(H2,11,12,13). The lowest BCUT2D eigenvalue weighted by Gasteiger charge is -2.22. The summed E-state index contributed by atoms with van der Waals surface area (Å²) < 4.78 is 26.0. The van der Waals surface area contributed by atoms with Crippen LogP contribution in [0.4, 0.5) is 5.95 Å².